The highest BCUT2D eigenvalue weighted by Gasteiger charge is 2.83. The number of hydrogen-bond donors (Lipinski definition) is 1. The summed E-state index contributed by atoms with van der Waals surface area (Å²) in [4.78, 5) is 23.5. The highest BCUT2D eigenvalue weighted by Crippen LogP contribution is 2.55. The van der Waals surface area contributed by atoms with E-state index in [9.17, 15) is 49.1 Å². The van der Waals surface area contributed by atoms with Crippen molar-refractivity contribution in [2.45, 2.75) is 70.2 Å². The molecular weight excluding hydrogens is 429 g/mol. The van der Waals surface area contributed by atoms with Gasteiger partial charge in [0, 0.05) is 0 Å². The lowest BCUT2D eigenvalue weighted by atomic mass is 9.87. The molecule has 1 N–H and O–H groups in total. The Balaban J connectivity index is 6.06. The molecule has 0 bridgehead atoms. The number of carbonyl (C=O) groups is 2. The summed E-state index contributed by atoms with van der Waals surface area (Å²) < 4.78 is 127. The van der Waals surface area contributed by atoms with E-state index >= 15 is 0 Å². The summed E-state index contributed by atoms with van der Waals surface area (Å²) in [6.07, 6.45) is -8.61. The predicted octanol–water partition coefficient (Wildman–Crippen LogP) is 4.55. The van der Waals surface area contributed by atoms with Gasteiger partial charge in [0.15, 0.2) is 0 Å². The standard InChI is InChI=1S/C15H20F9NO4/c1-6-28-9(26)8(25-10(27)29-11(3,4)5)7(2)12(16,17)13(18,19)14(20,21)15(22,23)24/h7-8H,6H2,1-5H3,(H,25,27). The first-order valence-corrected chi connectivity index (χ1v) is 7.99. The van der Waals surface area contributed by atoms with Crippen molar-refractivity contribution < 1.29 is 58.6 Å². The van der Waals surface area contributed by atoms with Gasteiger partial charge >= 0.3 is 36.0 Å². The maximum atomic E-state index is 14.1. The van der Waals surface area contributed by atoms with E-state index in [1.165, 1.54) is 26.1 Å². The first-order chi connectivity index (χ1) is 12.6. The number of amides is 1. The summed E-state index contributed by atoms with van der Waals surface area (Å²) in [5.74, 6) is -25.2. The smallest absolute Gasteiger partial charge is 0.460 e. The molecule has 1 amide bonds. The van der Waals surface area contributed by atoms with Crippen LogP contribution in [-0.2, 0) is 14.3 Å². The summed E-state index contributed by atoms with van der Waals surface area (Å²) >= 11 is 0. The number of alkyl carbamates (subject to hydrolysis) is 1. The second-order valence-corrected chi connectivity index (χ2v) is 6.93. The van der Waals surface area contributed by atoms with E-state index in [4.69, 9.17) is 0 Å². The minimum absolute atomic E-state index is 0.0827. The first kappa shape index (κ1) is 27.1. The van der Waals surface area contributed by atoms with Gasteiger partial charge in [0.2, 0.25) is 0 Å². The third-order valence-corrected chi connectivity index (χ3v) is 3.45. The zero-order chi connectivity index (χ0) is 23.6. The molecule has 0 heterocycles. The van der Waals surface area contributed by atoms with Gasteiger partial charge in [-0.1, -0.05) is 6.92 Å². The van der Waals surface area contributed by atoms with Gasteiger partial charge in [0.1, 0.15) is 11.6 Å². The van der Waals surface area contributed by atoms with E-state index < -0.39 is 60.2 Å². The van der Waals surface area contributed by atoms with Crippen LogP contribution >= 0.6 is 0 Å². The molecule has 0 saturated heterocycles. The predicted molar refractivity (Wildman–Crippen MR) is 79.9 cm³/mol. The SMILES string of the molecule is CCOC(=O)C(NC(=O)OC(C)(C)C)C(C)C(F)(F)C(F)(F)C(F)(F)C(F)(F)F. The molecule has 0 aromatic rings. The fraction of sp³-hybridized carbons (Fsp3) is 0.867. The Morgan fingerprint density at radius 1 is 0.897 bits per heavy atom. The van der Waals surface area contributed by atoms with Crippen LogP contribution in [0.5, 0.6) is 0 Å². The average molecular weight is 449 g/mol. The number of rotatable bonds is 7. The van der Waals surface area contributed by atoms with E-state index in [1.807, 2.05) is 0 Å². The third-order valence-electron chi connectivity index (χ3n) is 3.45. The number of hydrogen-bond acceptors (Lipinski definition) is 4. The van der Waals surface area contributed by atoms with Gasteiger partial charge in [-0.15, -0.1) is 0 Å². The highest BCUT2D eigenvalue weighted by atomic mass is 19.4. The van der Waals surface area contributed by atoms with Crippen molar-refractivity contribution in [2.75, 3.05) is 6.61 Å². The van der Waals surface area contributed by atoms with Gasteiger partial charge in [-0.05, 0) is 27.7 Å². The molecule has 172 valence electrons. The zero-order valence-corrected chi connectivity index (χ0v) is 15.9. The Morgan fingerprint density at radius 2 is 1.34 bits per heavy atom. The quantitative estimate of drug-likeness (QED) is 0.458. The van der Waals surface area contributed by atoms with E-state index in [-0.39, 0.29) is 6.92 Å². The maximum absolute atomic E-state index is 14.1. The monoisotopic (exact) mass is 449 g/mol. The molecule has 0 fully saturated rings. The summed E-state index contributed by atoms with van der Waals surface area (Å²) in [5.41, 5.74) is -1.25. The lowest BCUT2D eigenvalue weighted by Crippen LogP contribution is -2.66. The van der Waals surface area contributed by atoms with Crippen LogP contribution in [0.15, 0.2) is 0 Å². The van der Waals surface area contributed by atoms with Gasteiger partial charge in [0.25, 0.3) is 0 Å². The van der Waals surface area contributed by atoms with E-state index in [1.54, 1.807) is 0 Å². The molecular formula is C15H20F9NO4. The Labute approximate surface area is 159 Å². The molecule has 0 rings (SSSR count). The molecule has 5 nitrogen and oxygen atoms in total. The van der Waals surface area contributed by atoms with Crippen molar-refractivity contribution in [2.24, 2.45) is 5.92 Å². The Kier molecular flexibility index (Phi) is 7.91. The van der Waals surface area contributed by atoms with Gasteiger partial charge in [0.05, 0.1) is 12.5 Å². The average Bonchev–Trinajstić information content (AvgIpc) is 2.48. The van der Waals surface area contributed by atoms with Crippen molar-refractivity contribution >= 4 is 12.1 Å². The molecule has 0 radical (unpaired) electrons. The first-order valence-electron chi connectivity index (χ1n) is 7.99. The van der Waals surface area contributed by atoms with Gasteiger partial charge in [-0.25, -0.2) is 9.59 Å². The number of ether oxygens (including phenoxy) is 2. The number of nitrogens with one attached hydrogen (secondary N) is 1. The largest absolute Gasteiger partial charge is 0.464 e. The molecule has 14 heteroatoms. The Bertz CT molecular complexity index is 600. The van der Waals surface area contributed by atoms with Crippen LogP contribution in [0.2, 0.25) is 0 Å². The molecule has 0 aliphatic carbocycles. The third kappa shape index (κ3) is 5.81. The van der Waals surface area contributed by atoms with Crippen LogP contribution in [0.1, 0.15) is 34.6 Å². The molecule has 0 aromatic carbocycles. The topological polar surface area (TPSA) is 64.6 Å². The normalized spacial score (nSPS) is 16.1. The van der Waals surface area contributed by atoms with Crippen LogP contribution in [0, 0.1) is 5.92 Å². The summed E-state index contributed by atoms with van der Waals surface area (Å²) in [7, 11) is 0. The minimum atomic E-state index is -7.14. The van der Waals surface area contributed by atoms with E-state index in [0.29, 0.717) is 0 Å². The molecule has 0 aliphatic rings. The molecule has 29 heavy (non-hydrogen) atoms. The maximum Gasteiger partial charge on any atom is 0.460 e. The van der Waals surface area contributed by atoms with Crippen LogP contribution < -0.4 is 5.32 Å². The second-order valence-electron chi connectivity index (χ2n) is 6.93. The van der Waals surface area contributed by atoms with Crippen molar-refractivity contribution in [3.63, 3.8) is 0 Å². The lowest BCUT2D eigenvalue weighted by Gasteiger charge is -2.38. The molecule has 0 aromatic heterocycles. The molecule has 2 unspecified atom stereocenters. The summed E-state index contributed by atoms with van der Waals surface area (Å²) in [6, 6.07) is -2.73. The molecule has 2 atom stereocenters. The van der Waals surface area contributed by atoms with Crippen LogP contribution in [0.25, 0.3) is 0 Å². The fourth-order valence-electron chi connectivity index (χ4n) is 1.94. The van der Waals surface area contributed by atoms with Gasteiger partial charge in [-0.3, -0.25) is 0 Å². The Hall–Kier alpha value is -1.89. The minimum Gasteiger partial charge on any atom is -0.464 e. The molecule has 0 saturated carbocycles. The second kappa shape index (κ2) is 8.46. The molecule has 0 aliphatic heterocycles. The van der Waals surface area contributed by atoms with E-state index in [0.717, 1.165) is 6.92 Å². The van der Waals surface area contributed by atoms with Crippen LogP contribution in [0.4, 0.5) is 44.3 Å². The van der Waals surface area contributed by atoms with Gasteiger partial charge < -0.3 is 14.8 Å². The van der Waals surface area contributed by atoms with Gasteiger partial charge in [-0.2, -0.15) is 39.5 Å². The number of halogens is 9. The van der Waals surface area contributed by atoms with Crippen molar-refractivity contribution in [3.05, 3.63) is 0 Å². The zero-order valence-electron chi connectivity index (χ0n) is 15.9. The highest BCUT2D eigenvalue weighted by molar-refractivity contribution is 5.82. The van der Waals surface area contributed by atoms with Crippen molar-refractivity contribution in [1.82, 2.24) is 5.32 Å². The lowest BCUT2D eigenvalue weighted by molar-refractivity contribution is -0.403. The fourth-order valence-corrected chi connectivity index (χ4v) is 1.94. The number of esters is 1. The Morgan fingerprint density at radius 3 is 1.69 bits per heavy atom. The summed E-state index contributed by atoms with van der Waals surface area (Å²) in [5, 5.41) is 1.45. The number of alkyl halides is 9. The number of carbonyl (C=O) groups excluding carboxylic acids is 2. The van der Waals surface area contributed by atoms with Crippen LogP contribution in [0.3, 0.4) is 0 Å². The van der Waals surface area contributed by atoms with E-state index in [2.05, 4.69) is 9.47 Å². The van der Waals surface area contributed by atoms with Crippen LogP contribution in [-0.4, -0.2) is 54.3 Å². The molecule has 0 spiro atoms. The van der Waals surface area contributed by atoms with Crippen molar-refractivity contribution in [1.29, 1.82) is 0 Å². The summed E-state index contributed by atoms with van der Waals surface area (Å²) in [6.45, 7) is 4.67. The van der Waals surface area contributed by atoms with Crippen molar-refractivity contribution in [3.8, 4) is 0 Å².